The maximum Gasteiger partial charge on any atom is 0.413 e. The molecule has 4 heteroatoms. The van der Waals surface area contributed by atoms with Crippen LogP contribution in [0.5, 0.6) is 0 Å². The normalized spacial score (nSPS) is 17.6. The molecule has 2 rings (SSSR count). The SMILES string of the molecule is CB(O)n1cccc1C[S+]1CCCC1. The molecular formula is C10H17BNOS+. The van der Waals surface area contributed by atoms with Crippen LogP contribution in [0.25, 0.3) is 0 Å². The van der Waals surface area contributed by atoms with E-state index in [2.05, 4.69) is 6.07 Å². The van der Waals surface area contributed by atoms with Gasteiger partial charge in [0.1, 0.15) is 17.3 Å². The molecule has 76 valence electrons. The van der Waals surface area contributed by atoms with Crippen LogP contribution in [0.15, 0.2) is 18.3 Å². The van der Waals surface area contributed by atoms with E-state index in [0.29, 0.717) is 10.9 Å². The third kappa shape index (κ3) is 2.18. The lowest BCUT2D eigenvalue weighted by atomic mass is 9.88. The van der Waals surface area contributed by atoms with Crippen molar-refractivity contribution in [1.29, 1.82) is 0 Å². The summed E-state index contributed by atoms with van der Waals surface area (Å²) in [5.41, 5.74) is 1.30. The van der Waals surface area contributed by atoms with Gasteiger partial charge in [0.2, 0.25) is 0 Å². The molecule has 0 spiro atoms. The minimum absolute atomic E-state index is 0.383. The molecular weight excluding hydrogens is 193 g/mol. The predicted molar refractivity (Wildman–Crippen MR) is 63.7 cm³/mol. The van der Waals surface area contributed by atoms with E-state index in [4.69, 9.17) is 0 Å². The Hall–Kier alpha value is -0.345. The van der Waals surface area contributed by atoms with Crippen molar-refractivity contribution in [3.05, 3.63) is 24.0 Å². The lowest BCUT2D eigenvalue weighted by Gasteiger charge is -2.08. The van der Waals surface area contributed by atoms with E-state index in [0.717, 1.165) is 5.75 Å². The van der Waals surface area contributed by atoms with Crippen molar-refractivity contribution in [3.8, 4) is 0 Å². The molecule has 2 nitrogen and oxygen atoms in total. The zero-order chi connectivity index (χ0) is 9.97. The fourth-order valence-electron chi connectivity index (χ4n) is 1.98. The smallest absolute Gasteiger partial charge is 0.413 e. The molecule has 1 fully saturated rings. The summed E-state index contributed by atoms with van der Waals surface area (Å²) in [5, 5.41) is 9.53. The summed E-state index contributed by atoms with van der Waals surface area (Å²) >= 11 is 0. The van der Waals surface area contributed by atoms with Gasteiger partial charge >= 0.3 is 7.05 Å². The first-order valence-corrected chi connectivity index (χ1v) is 6.98. The molecule has 1 saturated heterocycles. The lowest BCUT2D eigenvalue weighted by molar-refractivity contribution is 0.561. The first kappa shape index (κ1) is 10.2. The number of hydrogen-bond donors (Lipinski definition) is 1. The van der Waals surface area contributed by atoms with E-state index in [9.17, 15) is 5.02 Å². The minimum Gasteiger partial charge on any atom is -0.432 e. The molecule has 1 aliphatic heterocycles. The highest BCUT2D eigenvalue weighted by Crippen LogP contribution is 2.18. The molecule has 0 saturated carbocycles. The van der Waals surface area contributed by atoms with Gasteiger partial charge in [0, 0.05) is 0 Å². The van der Waals surface area contributed by atoms with E-state index in [-0.39, 0.29) is 7.05 Å². The summed E-state index contributed by atoms with van der Waals surface area (Å²) in [7, 11) is 0.201. The molecule has 2 heterocycles. The van der Waals surface area contributed by atoms with Crippen molar-refractivity contribution in [3.63, 3.8) is 0 Å². The first-order valence-electron chi connectivity index (χ1n) is 5.25. The Balaban J connectivity index is 2.04. The van der Waals surface area contributed by atoms with Crippen LogP contribution in [0.4, 0.5) is 0 Å². The highest BCUT2D eigenvalue weighted by atomic mass is 32.2. The van der Waals surface area contributed by atoms with Crippen molar-refractivity contribution in [2.45, 2.75) is 25.4 Å². The quantitative estimate of drug-likeness (QED) is 0.591. The summed E-state index contributed by atoms with van der Waals surface area (Å²) in [4.78, 5) is 0. The number of rotatable bonds is 3. The molecule has 0 unspecified atom stereocenters. The molecule has 1 aliphatic rings. The van der Waals surface area contributed by atoms with Gasteiger partial charge in [-0.25, -0.2) is 0 Å². The maximum absolute atomic E-state index is 9.53. The Morgan fingerprint density at radius 3 is 2.86 bits per heavy atom. The second-order valence-corrected chi connectivity index (χ2v) is 6.24. The van der Waals surface area contributed by atoms with Gasteiger partial charge in [0.05, 0.1) is 5.69 Å². The Labute approximate surface area is 88.8 Å². The zero-order valence-electron chi connectivity index (χ0n) is 8.65. The van der Waals surface area contributed by atoms with Crippen LogP contribution < -0.4 is 0 Å². The fourth-order valence-corrected chi connectivity index (χ4v) is 4.36. The van der Waals surface area contributed by atoms with Crippen LogP contribution >= 0.6 is 0 Å². The Morgan fingerprint density at radius 2 is 2.21 bits per heavy atom. The average molecular weight is 210 g/mol. The van der Waals surface area contributed by atoms with Crippen molar-refractivity contribution in [2.75, 3.05) is 11.5 Å². The fraction of sp³-hybridized carbons (Fsp3) is 0.600. The average Bonchev–Trinajstić information content (AvgIpc) is 2.75. The molecule has 1 N–H and O–H groups in total. The van der Waals surface area contributed by atoms with Gasteiger partial charge in [-0.3, -0.25) is 0 Å². The van der Waals surface area contributed by atoms with Crippen LogP contribution in [0.2, 0.25) is 6.82 Å². The standard InChI is InChI=1S/C10H17BNOS/c1-11(13)12-6-4-5-10(12)9-14-7-2-3-8-14/h4-6,13H,2-3,7-9H2,1H3/q+1. The molecule has 0 atom stereocenters. The number of aromatic nitrogens is 1. The lowest BCUT2D eigenvalue weighted by Crippen LogP contribution is -2.22. The predicted octanol–water partition coefficient (Wildman–Crippen LogP) is 1.36. The highest BCUT2D eigenvalue weighted by molar-refractivity contribution is 7.96. The van der Waals surface area contributed by atoms with E-state index < -0.39 is 0 Å². The zero-order valence-corrected chi connectivity index (χ0v) is 9.46. The van der Waals surface area contributed by atoms with E-state index in [1.165, 1.54) is 30.0 Å². The summed E-state index contributed by atoms with van der Waals surface area (Å²) in [6.45, 7) is 1.82. The summed E-state index contributed by atoms with van der Waals surface area (Å²) in [6, 6.07) is 4.17. The summed E-state index contributed by atoms with van der Waals surface area (Å²) < 4.78 is 1.98. The highest BCUT2D eigenvalue weighted by Gasteiger charge is 2.26. The largest absolute Gasteiger partial charge is 0.432 e. The number of nitrogens with zero attached hydrogens (tertiary/aromatic N) is 1. The van der Waals surface area contributed by atoms with Gasteiger partial charge in [-0.2, -0.15) is 0 Å². The van der Waals surface area contributed by atoms with Crippen molar-refractivity contribution < 1.29 is 5.02 Å². The molecule has 0 amide bonds. The Kier molecular flexibility index (Phi) is 3.24. The molecule has 0 aliphatic carbocycles. The summed E-state index contributed by atoms with van der Waals surface area (Å²) in [6.07, 6.45) is 4.77. The molecule has 14 heavy (non-hydrogen) atoms. The molecule has 0 aromatic carbocycles. The van der Waals surface area contributed by atoms with Crippen molar-refractivity contribution in [1.82, 2.24) is 4.48 Å². The van der Waals surface area contributed by atoms with Crippen LogP contribution in [0.3, 0.4) is 0 Å². The van der Waals surface area contributed by atoms with Crippen molar-refractivity contribution >= 4 is 17.9 Å². The molecule has 1 aromatic rings. The first-order chi connectivity index (χ1) is 6.77. The van der Waals surface area contributed by atoms with Crippen LogP contribution in [-0.4, -0.2) is 28.1 Å². The Bertz CT molecular complexity index is 294. The van der Waals surface area contributed by atoms with E-state index >= 15 is 0 Å². The van der Waals surface area contributed by atoms with E-state index in [1.807, 2.05) is 23.6 Å². The van der Waals surface area contributed by atoms with Gasteiger partial charge < -0.3 is 9.50 Å². The van der Waals surface area contributed by atoms with Gasteiger partial charge in [-0.1, -0.05) is 0 Å². The van der Waals surface area contributed by atoms with Gasteiger partial charge in [0.15, 0.2) is 0 Å². The molecule has 0 radical (unpaired) electrons. The second-order valence-electron chi connectivity index (χ2n) is 3.91. The van der Waals surface area contributed by atoms with Gasteiger partial charge in [-0.15, -0.1) is 0 Å². The Morgan fingerprint density at radius 1 is 1.50 bits per heavy atom. The van der Waals surface area contributed by atoms with Crippen LogP contribution in [0.1, 0.15) is 18.5 Å². The van der Waals surface area contributed by atoms with Gasteiger partial charge in [0.25, 0.3) is 0 Å². The minimum atomic E-state index is -0.383. The van der Waals surface area contributed by atoms with Crippen molar-refractivity contribution in [2.24, 2.45) is 0 Å². The number of hydrogen-bond acceptors (Lipinski definition) is 1. The third-order valence-corrected chi connectivity index (χ3v) is 5.17. The summed E-state index contributed by atoms with van der Waals surface area (Å²) in [5.74, 6) is 3.95. The third-order valence-electron chi connectivity index (χ3n) is 2.74. The van der Waals surface area contributed by atoms with Gasteiger partial charge in [-0.05, 0) is 48.9 Å². The monoisotopic (exact) mass is 210 g/mol. The van der Waals surface area contributed by atoms with Crippen LogP contribution in [-0.2, 0) is 16.6 Å². The second kappa shape index (κ2) is 4.45. The molecule has 0 bridgehead atoms. The van der Waals surface area contributed by atoms with E-state index in [1.54, 1.807) is 0 Å². The molecule has 1 aromatic heterocycles. The maximum atomic E-state index is 9.53. The topological polar surface area (TPSA) is 25.2 Å². The van der Waals surface area contributed by atoms with Crippen LogP contribution in [0, 0.1) is 0 Å².